The van der Waals surface area contributed by atoms with Crippen LogP contribution in [0.3, 0.4) is 0 Å². The molecule has 0 aromatic carbocycles. The molecule has 0 amide bonds. The van der Waals surface area contributed by atoms with Crippen molar-refractivity contribution in [3.05, 3.63) is 23.7 Å². The predicted octanol–water partition coefficient (Wildman–Crippen LogP) is 3.53. The van der Waals surface area contributed by atoms with E-state index in [0.29, 0.717) is 11.9 Å². The zero-order chi connectivity index (χ0) is 14.8. The first kappa shape index (κ1) is 14.8. The molecule has 1 aliphatic rings. The number of alkyl halides is 1. The van der Waals surface area contributed by atoms with Gasteiger partial charge in [0.1, 0.15) is 11.3 Å². The molecule has 0 aliphatic carbocycles. The van der Waals surface area contributed by atoms with E-state index < -0.39 is 0 Å². The topological polar surface area (TPSA) is 34.0 Å². The Morgan fingerprint density at radius 1 is 1.29 bits per heavy atom. The van der Waals surface area contributed by atoms with Crippen LogP contribution in [0.1, 0.15) is 43.6 Å². The Morgan fingerprint density at radius 2 is 2.05 bits per heavy atom. The van der Waals surface area contributed by atoms with Gasteiger partial charge >= 0.3 is 0 Å². The Balaban J connectivity index is 1.90. The molecule has 0 N–H and O–H groups in total. The highest BCUT2D eigenvalue weighted by molar-refractivity contribution is 6.16. The Kier molecular flexibility index (Phi) is 4.45. The molecule has 0 spiro atoms. The SMILES string of the molecule is Cc1cnc2c(c1)nc(CCl)n2C(C)CN1CCCCC1. The lowest BCUT2D eigenvalue weighted by molar-refractivity contribution is 0.202. The summed E-state index contributed by atoms with van der Waals surface area (Å²) < 4.78 is 2.22. The number of hydrogen-bond acceptors (Lipinski definition) is 3. The largest absolute Gasteiger partial charge is 0.308 e. The van der Waals surface area contributed by atoms with Crippen LogP contribution in [0, 0.1) is 6.92 Å². The van der Waals surface area contributed by atoms with Gasteiger partial charge in [-0.1, -0.05) is 6.42 Å². The van der Waals surface area contributed by atoms with Gasteiger partial charge in [-0.25, -0.2) is 9.97 Å². The average Bonchev–Trinajstić information content (AvgIpc) is 2.85. The minimum Gasteiger partial charge on any atom is -0.308 e. The van der Waals surface area contributed by atoms with E-state index in [0.717, 1.165) is 29.1 Å². The molecule has 2 aromatic rings. The fraction of sp³-hybridized carbons (Fsp3) is 0.625. The van der Waals surface area contributed by atoms with Crippen LogP contribution in [0.4, 0.5) is 0 Å². The van der Waals surface area contributed by atoms with Gasteiger partial charge in [0, 0.05) is 18.8 Å². The molecule has 1 atom stereocenters. The molecule has 21 heavy (non-hydrogen) atoms. The van der Waals surface area contributed by atoms with Gasteiger partial charge in [0.2, 0.25) is 0 Å². The Hall–Kier alpha value is -1.13. The highest BCUT2D eigenvalue weighted by Crippen LogP contribution is 2.23. The standard InChI is InChI=1S/C16H23ClN4/c1-12-8-14-16(18-10-12)21(15(9-17)19-14)13(2)11-20-6-4-3-5-7-20/h8,10,13H,3-7,9,11H2,1-2H3. The van der Waals surface area contributed by atoms with Crippen LogP contribution in [0.15, 0.2) is 12.3 Å². The van der Waals surface area contributed by atoms with Crippen LogP contribution in [0.2, 0.25) is 0 Å². The molecule has 4 nitrogen and oxygen atoms in total. The number of piperidine rings is 1. The highest BCUT2D eigenvalue weighted by atomic mass is 35.5. The van der Waals surface area contributed by atoms with Crippen LogP contribution in [0.5, 0.6) is 0 Å². The van der Waals surface area contributed by atoms with Gasteiger partial charge in [-0.3, -0.25) is 0 Å². The minimum atomic E-state index is 0.344. The molecular weight excluding hydrogens is 284 g/mol. The number of rotatable bonds is 4. The Morgan fingerprint density at radius 3 is 2.76 bits per heavy atom. The van der Waals surface area contributed by atoms with Crippen molar-refractivity contribution in [1.82, 2.24) is 19.4 Å². The molecule has 1 aliphatic heterocycles. The van der Waals surface area contributed by atoms with E-state index in [1.54, 1.807) is 0 Å². The molecule has 0 radical (unpaired) electrons. The number of likely N-dealkylation sites (tertiary alicyclic amines) is 1. The van der Waals surface area contributed by atoms with Gasteiger partial charge in [0.15, 0.2) is 5.65 Å². The number of halogens is 1. The van der Waals surface area contributed by atoms with Crippen molar-refractivity contribution in [3.8, 4) is 0 Å². The lowest BCUT2D eigenvalue weighted by Gasteiger charge is -2.30. The number of fused-ring (bicyclic) bond motifs is 1. The maximum atomic E-state index is 6.11. The molecule has 1 unspecified atom stereocenters. The summed E-state index contributed by atoms with van der Waals surface area (Å²) in [5.74, 6) is 1.36. The third-order valence-corrected chi connectivity index (χ3v) is 4.51. The summed E-state index contributed by atoms with van der Waals surface area (Å²) in [6.07, 6.45) is 5.91. The summed E-state index contributed by atoms with van der Waals surface area (Å²) >= 11 is 6.11. The summed E-state index contributed by atoms with van der Waals surface area (Å²) in [7, 11) is 0. The van der Waals surface area contributed by atoms with E-state index in [4.69, 9.17) is 11.6 Å². The van der Waals surface area contributed by atoms with Crippen LogP contribution in [-0.2, 0) is 5.88 Å². The van der Waals surface area contributed by atoms with Crippen molar-refractivity contribution in [2.75, 3.05) is 19.6 Å². The lowest BCUT2D eigenvalue weighted by atomic mass is 10.1. The number of nitrogens with zero attached hydrogens (tertiary/aromatic N) is 4. The second-order valence-corrected chi connectivity index (χ2v) is 6.36. The molecule has 2 aromatic heterocycles. The van der Waals surface area contributed by atoms with Crippen molar-refractivity contribution >= 4 is 22.8 Å². The number of aromatic nitrogens is 3. The van der Waals surface area contributed by atoms with Crippen LogP contribution in [0.25, 0.3) is 11.2 Å². The zero-order valence-electron chi connectivity index (χ0n) is 12.8. The second kappa shape index (κ2) is 6.32. The van der Waals surface area contributed by atoms with Crippen LogP contribution in [-0.4, -0.2) is 39.1 Å². The summed E-state index contributed by atoms with van der Waals surface area (Å²) in [5.41, 5.74) is 3.05. The first-order chi connectivity index (χ1) is 10.2. The smallest absolute Gasteiger partial charge is 0.160 e. The first-order valence-electron chi connectivity index (χ1n) is 7.81. The molecule has 0 saturated carbocycles. The van der Waals surface area contributed by atoms with Crippen molar-refractivity contribution in [2.24, 2.45) is 0 Å². The van der Waals surface area contributed by atoms with Gasteiger partial charge in [-0.2, -0.15) is 0 Å². The predicted molar refractivity (Wildman–Crippen MR) is 86.8 cm³/mol. The van der Waals surface area contributed by atoms with E-state index in [1.807, 2.05) is 13.1 Å². The van der Waals surface area contributed by atoms with Gasteiger partial charge in [-0.15, -0.1) is 11.6 Å². The first-order valence-corrected chi connectivity index (χ1v) is 8.34. The van der Waals surface area contributed by atoms with E-state index in [9.17, 15) is 0 Å². The van der Waals surface area contributed by atoms with Gasteiger partial charge in [0.05, 0.1) is 5.88 Å². The molecule has 5 heteroatoms. The lowest BCUT2D eigenvalue weighted by Crippen LogP contribution is -2.34. The third kappa shape index (κ3) is 3.06. The molecule has 0 bridgehead atoms. The second-order valence-electron chi connectivity index (χ2n) is 6.10. The molecular formula is C16H23ClN4. The van der Waals surface area contributed by atoms with Gasteiger partial charge < -0.3 is 9.47 Å². The van der Waals surface area contributed by atoms with E-state index in [-0.39, 0.29) is 0 Å². The highest BCUT2D eigenvalue weighted by Gasteiger charge is 2.20. The van der Waals surface area contributed by atoms with Crippen molar-refractivity contribution in [1.29, 1.82) is 0 Å². The normalized spacial score (nSPS) is 18.2. The average molecular weight is 307 g/mol. The molecule has 114 valence electrons. The molecule has 3 rings (SSSR count). The van der Waals surface area contributed by atoms with Crippen LogP contribution < -0.4 is 0 Å². The van der Waals surface area contributed by atoms with Crippen molar-refractivity contribution in [2.45, 2.75) is 45.0 Å². The third-order valence-electron chi connectivity index (χ3n) is 4.27. The minimum absolute atomic E-state index is 0.344. The van der Waals surface area contributed by atoms with Crippen molar-refractivity contribution in [3.63, 3.8) is 0 Å². The number of aryl methyl sites for hydroxylation is 1. The van der Waals surface area contributed by atoms with E-state index in [2.05, 4.69) is 32.4 Å². The molecule has 3 heterocycles. The maximum Gasteiger partial charge on any atom is 0.160 e. The number of pyridine rings is 1. The molecule has 1 fully saturated rings. The number of hydrogen-bond donors (Lipinski definition) is 0. The van der Waals surface area contributed by atoms with E-state index in [1.165, 1.54) is 32.4 Å². The summed E-state index contributed by atoms with van der Waals surface area (Å²) in [6.45, 7) is 7.75. The van der Waals surface area contributed by atoms with Gasteiger partial charge in [0.25, 0.3) is 0 Å². The maximum absolute atomic E-state index is 6.11. The zero-order valence-corrected chi connectivity index (χ0v) is 13.6. The Bertz CT molecular complexity index is 616. The fourth-order valence-corrected chi connectivity index (χ4v) is 3.47. The van der Waals surface area contributed by atoms with E-state index >= 15 is 0 Å². The number of imidazole rings is 1. The van der Waals surface area contributed by atoms with Crippen LogP contribution >= 0.6 is 11.6 Å². The summed E-state index contributed by atoms with van der Waals surface area (Å²) in [4.78, 5) is 11.8. The monoisotopic (exact) mass is 306 g/mol. The quantitative estimate of drug-likeness (QED) is 0.810. The molecule has 1 saturated heterocycles. The van der Waals surface area contributed by atoms with Crippen molar-refractivity contribution < 1.29 is 0 Å². The summed E-state index contributed by atoms with van der Waals surface area (Å²) in [6, 6.07) is 2.43. The van der Waals surface area contributed by atoms with Gasteiger partial charge in [-0.05, 0) is 51.4 Å². The fourth-order valence-electron chi connectivity index (χ4n) is 3.28. The summed E-state index contributed by atoms with van der Waals surface area (Å²) in [5, 5.41) is 0. The Labute approximate surface area is 131 Å².